The second kappa shape index (κ2) is 8.87. The van der Waals surface area contributed by atoms with Crippen LogP contribution in [0.1, 0.15) is 42.9 Å². The number of hydrogen-bond donors (Lipinski definition) is 1. The molecule has 8 nitrogen and oxygen atoms in total. The van der Waals surface area contributed by atoms with Crippen LogP contribution in [-0.2, 0) is 27.1 Å². The number of carbonyl (C=O) groups excluding carboxylic acids is 1. The number of rotatable bonds is 7. The Morgan fingerprint density at radius 3 is 2.66 bits per heavy atom. The SMILES string of the molecule is CNc1cc(CN(C)S(=O)(=O)Cc2ccccc2)nc([C@H]2CCCN2C(C)=O)n1. The number of nitrogens with one attached hydrogen (secondary N) is 1. The second-order valence-corrected chi connectivity index (χ2v) is 9.30. The maximum absolute atomic E-state index is 12.8. The molecule has 1 aliphatic heterocycles. The van der Waals surface area contributed by atoms with E-state index in [1.165, 1.54) is 4.31 Å². The third-order valence-electron chi connectivity index (χ3n) is 5.06. The zero-order chi connectivity index (χ0) is 21.0. The number of nitrogens with zero attached hydrogens (tertiary/aromatic N) is 4. The van der Waals surface area contributed by atoms with Gasteiger partial charge in [-0.1, -0.05) is 30.3 Å². The minimum atomic E-state index is -3.50. The van der Waals surface area contributed by atoms with Gasteiger partial charge in [0.25, 0.3) is 0 Å². The molecule has 156 valence electrons. The van der Waals surface area contributed by atoms with Gasteiger partial charge in [-0.3, -0.25) is 4.79 Å². The first-order chi connectivity index (χ1) is 13.8. The van der Waals surface area contributed by atoms with Crippen molar-refractivity contribution in [1.29, 1.82) is 0 Å². The van der Waals surface area contributed by atoms with Crippen molar-refractivity contribution >= 4 is 21.7 Å². The van der Waals surface area contributed by atoms with Gasteiger partial charge < -0.3 is 10.2 Å². The number of hydrogen-bond acceptors (Lipinski definition) is 6. The van der Waals surface area contributed by atoms with Crippen molar-refractivity contribution in [2.45, 2.75) is 38.1 Å². The molecule has 0 unspecified atom stereocenters. The van der Waals surface area contributed by atoms with Gasteiger partial charge in [0.2, 0.25) is 15.9 Å². The number of aromatic nitrogens is 2. The lowest BCUT2D eigenvalue weighted by Gasteiger charge is -2.23. The Morgan fingerprint density at radius 2 is 2.00 bits per heavy atom. The van der Waals surface area contributed by atoms with Crippen molar-refractivity contribution in [3.8, 4) is 0 Å². The van der Waals surface area contributed by atoms with Crippen LogP contribution in [0.5, 0.6) is 0 Å². The molecule has 1 aromatic carbocycles. The molecule has 1 aliphatic rings. The molecule has 2 aromatic rings. The molecule has 0 aliphatic carbocycles. The van der Waals surface area contributed by atoms with Gasteiger partial charge in [0.15, 0.2) is 5.82 Å². The molecule has 29 heavy (non-hydrogen) atoms. The second-order valence-electron chi connectivity index (χ2n) is 7.22. The Labute approximate surface area is 172 Å². The number of carbonyl (C=O) groups is 1. The van der Waals surface area contributed by atoms with Crippen LogP contribution in [-0.4, -0.2) is 54.1 Å². The predicted octanol–water partition coefficient (Wildman–Crippen LogP) is 2.16. The fourth-order valence-electron chi connectivity index (χ4n) is 3.51. The summed E-state index contributed by atoms with van der Waals surface area (Å²) in [6, 6.07) is 10.7. The van der Waals surface area contributed by atoms with Crippen LogP contribution in [0.25, 0.3) is 0 Å². The standard InChI is InChI=1S/C20H27N5O3S/c1-15(26)25-11-7-10-18(25)20-22-17(12-19(21-2)23-20)13-24(3)29(27,28)14-16-8-5-4-6-9-16/h4-6,8-9,12,18H,7,10-11,13-14H2,1-3H3,(H,21,22,23)/t18-/m1/s1. The maximum Gasteiger partial charge on any atom is 0.220 e. The minimum absolute atomic E-state index is 0.00457. The van der Waals surface area contributed by atoms with Crippen molar-refractivity contribution in [3.63, 3.8) is 0 Å². The van der Waals surface area contributed by atoms with Gasteiger partial charge in [-0.15, -0.1) is 0 Å². The molecule has 0 bridgehead atoms. The van der Waals surface area contributed by atoms with Gasteiger partial charge in [-0.05, 0) is 18.4 Å². The number of sulfonamides is 1. The van der Waals surface area contributed by atoms with E-state index in [0.29, 0.717) is 23.9 Å². The van der Waals surface area contributed by atoms with E-state index in [9.17, 15) is 13.2 Å². The van der Waals surface area contributed by atoms with Crippen LogP contribution >= 0.6 is 0 Å². The molecule has 1 atom stereocenters. The summed E-state index contributed by atoms with van der Waals surface area (Å²) in [5.41, 5.74) is 1.33. The molecule has 1 saturated heterocycles. The minimum Gasteiger partial charge on any atom is -0.373 e. The Morgan fingerprint density at radius 1 is 1.28 bits per heavy atom. The molecule has 1 aromatic heterocycles. The highest BCUT2D eigenvalue weighted by molar-refractivity contribution is 7.88. The van der Waals surface area contributed by atoms with Crippen LogP contribution in [0.4, 0.5) is 5.82 Å². The fraction of sp³-hybridized carbons (Fsp3) is 0.450. The first-order valence-corrected chi connectivity index (χ1v) is 11.2. The Bertz CT molecular complexity index is 965. The third kappa shape index (κ3) is 5.10. The van der Waals surface area contributed by atoms with E-state index in [1.807, 2.05) is 18.2 Å². The lowest BCUT2D eigenvalue weighted by molar-refractivity contribution is -0.129. The first-order valence-electron chi connectivity index (χ1n) is 9.61. The van der Waals surface area contributed by atoms with Crippen LogP contribution in [0.3, 0.4) is 0 Å². The van der Waals surface area contributed by atoms with Crippen LogP contribution in [0, 0.1) is 0 Å². The smallest absolute Gasteiger partial charge is 0.220 e. The Hall–Kier alpha value is -2.52. The first kappa shape index (κ1) is 21.2. The van der Waals surface area contributed by atoms with Crippen LogP contribution in [0.2, 0.25) is 0 Å². The summed E-state index contributed by atoms with van der Waals surface area (Å²) in [5, 5.41) is 3.00. The summed E-state index contributed by atoms with van der Waals surface area (Å²) in [7, 11) is -0.194. The number of likely N-dealkylation sites (tertiary alicyclic amines) is 1. The lowest BCUT2D eigenvalue weighted by Crippen LogP contribution is -2.30. The van der Waals surface area contributed by atoms with Crippen LogP contribution < -0.4 is 5.32 Å². The number of amides is 1. The van der Waals surface area contributed by atoms with Crippen molar-refractivity contribution in [2.24, 2.45) is 0 Å². The predicted molar refractivity (Wildman–Crippen MR) is 111 cm³/mol. The number of anilines is 1. The van der Waals surface area contributed by atoms with Crippen molar-refractivity contribution in [2.75, 3.05) is 26.0 Å². The highest BCUT2D eigenvalue weighted by Crippen LogP contribution is 2.30. The number of benzene rings is 1. The molecule has 2 heterocycles. The average Bonchev–Trinajstić information content (AvgIpc) is 3.18. The molecule has 1 N–H and O–H groups in total. The fourth-order valence-corrected chi connectivity index (χ4v) is 4.67. The van der Waals surface area contributed by atoms with Gasteiger partial charge in [-0.25, -0.2) is 18.4 Å². The van der Waals surface area contributed by atoms with E-state index in [0.717, 1.165) is 18.4 Å². The molecular formula is C20H27N5O3S. The quantitative estimate of drug-likeness (QED) is 0.742. The summed E-state index contributed by atoms with van der Waals surface area (Å²) < 4.78 is 26.8. The van der Waals surface area contributed by atoms with E-state index in [-0.39, 0.29) is 24.2 Å². The highest BCUT2D eigenvalue weighted by atomic mass is 32.2. The van der Waals surface area contributed by atoms with Crippen molar-refractivity contribution < 1.29 is 13.2 Å². The topological polar surface area (TPSA) is 95.5 Å². The highest BCUT2D eigenvalue weighted by Gasteiger charge is 2.31. The van der Waals surface area contributed by atoms with Crippen molar-refractivity contribution in [1.82, 2.24) is 19.2 Å². The van der Waals surface area contributed by atoms with E-state index >= 15 is 0 Å². The normalized spacial score (nSPS) is 17.0. The zero-order valence-electron chi connectivity index (χ0n) is 17.0. The summed E-state index contributed by atoms with van der Waals surface area (Å²) in [5.74, 6) is 1.08. The molecule has 3 rings (SSSR count). The van der Waals surface area contributed by atoms with Gasteiger partial charge in [0.05, 0.1) is 24.0 Å². The van der Waals surface area contributed by atoms with Gasteiger partial charge in [0, 0.05) is 33.6 Å². The summed E-state index contributed by atoms with van der Waals surface area (Å²) in [4.78, 5) is 22.8. The summed E-state index contributed by atoms with van der Waals surface area (Å²) >= 11 is 0. The van der Waals surface area contributed by atoms with E-state index in [1.54, 1.807) is 44.1 Å². The molecule has 0 radical (unpaired) electrons. The zero-order valence-corrected chi connectivity index (χ0v) is 17.8. The monoisotopic (exact) mass is 417 g/mol. The Balaban J connectivity index is 1.82. The van der Waals surface area contributed by atoms with Gasteiger partial charge in [-0.2, -0.15) is 4.31 Å². The molecule has 1 fully saturated rings. The molecule has 0 spiro atoms. The van der Waals surface area contributed by atoms with E-state index in [4.69, 9.17) is 0 Å². The third-order valence-corrected chi connectivity index (χ3v) is 6.84. The maximum atomic E-state index is 12.8. The van der Waals surface area contributed by atoms with Crippen molar-refractivity contribution in [3.05, 3.63) is 53.5 Å². The average molecular weight is 418 g/mol. The summed E-state index contributed by atoms with van der Waals surface area (Å²) in [6.07, 6.45) is 1.70. The molecule has 0 saturated carbocycles. The Kier molecular flexibility index (Phi) is 6.49. The largest absolute Gasteiger partial charge is 0.373 e. The van der Waals surface area contributed by atoms with E-state index < -0.39 is 10.0 Å². The van der Waals surface area contributed by atoms with Gasteiger partial charge in [0.1, 0.15) is 5.82 Å². The molecule has 9 heteroatoms. The summed E-state index contributed by atoms with van der Waals surface area (Å²) in [6.45, 7) is 2.37. The van der Waals surface area contributed by atoms with E-state index in [2.05, 4.69) is 15.3 Å². The van der Waals surface area contributed by atoms with Gasteiger partial charge >= 0.3 is 0 Å². The lowest BCUT2D eigenvalue weighted by atomic mass is 10.2. The molecular weight excluding hydrogens is 390 g/mol. The molecule has 1 amide bonds. The van der Waals surface area contributed by atoms with Crippen LogP contribution in [0.15, 0.2) is 36.4 Å².